The van der Waals surface area contributed by atoms with Gasteiger partial charge in [-0.25, -0.2) is 0 Å². The lowest BCUT2D eigenvalue weighted by Crippen LogP contribution is -1.84. The van der Waals surface area contributed by atoms with Crippen molar-refractivity contribution in [3.05, 3.63) is 11.3 Å². The summed E-state index contributed by atoms with van der Waals surface area (Å²) in [6.45, 7) is 2.13. The van der Waals surface area contributed by atoms with Gasteiger partial charge in [0.25, 0.3) is 0 Å². The van der Waals surface area contributed by atoms with E-state index >= 15 is 0 Å². The van der Waals surface area contributed by atoms with Crippen LogP contribution < -0.4 is 0 Å². The summed E-state index contributed by atoms with van der Waals surface area (Å²) in [5.74, 6) is 0. The van der Waals surface area contributed by atoms with Gasteiger partial charge in [0.2, 0.25) is 0 Å². The van der Waals surface area contributed by atoms with Crippen LogP contribution in [0.5, 0.6) is 0 Å². The minimum atomic E-state index is -0.192. The maximum Gasteiger partial charge on any atom is 0.108 e. The first kappa shape index (κ1) is 9.54. The number of allylic oxidation sites excluding steroid dienone is 2. The van der Waals surface area contributed by atoms with E-state index in [1.54, 1.807) is 0 Å². The molecule has 3 heteroatoms. The van der Waals surface area contributed by atoms with Gasteiger partial charge in [0.15, 0.2) is 0 Å². The molecule has 0 aromatic heterocycles. The Hall–Kier alpha value is 0.537. The van der Waals surface area contributed by atoms with Crippen molar-refractivity contribution in [2.45, 2.75) is 24.6 Å². The van der Waals surface area contributed by atoms with Crippen LogP contribution in [0.15, 0.2) is 11.3 Å². The summed E-state index contributed by atoms with van der Waals surface area (Å²) in [5, 5.41) is 1.46. The van der Waals surface area contributed by atoms with E-state index in [9.17, 15) is 0 Å². The quantitative estimate of drug-likeness (QED) is 0.462. The average Bonchev–Trinajstić information content (AvgIpc) is 1.63. The molecule has 0 saturated carbocycles. The highest BCUT2D eigenvalue weighted by atomic mass is 35.5. The average molecular weight is 183 g/mol. The van der Waals surface area contributed by atoms with E-state index in [4.69, 9.17) is 23.2 Å². The van der Waals surface area contributed by atoms with Crippen LogP contribution >= 0.6 is 23.2 Å². The zero-order valence-corrected chi connectivity index (χ0v) is 9.34. The Bertz CT molecular complexity index is 95.2. The molecule has 0 atom stereocenters. The summed E-state index contributed by atoms with van der Waals surface area (Å²) in [6.07, 6.45) is 4.10. The molecule has 0 radical (unpaired) electrons. The van der Waals surface area contributed by atoms with Crippen LogP contribution in [0.1, 0.15) is 19.8 Å². The molecule has 9 heavy (non-hydrogen) atoms. The van der Waals surface area contributed by atoms with Crippen LogP contribution in [0.2, 0.25) is 0 Å². The summed E-state index contributed by atoms with van der Waals surface area (Å²) in [5.41, 5.74) is 0. The fourth-order valence-corrected chi connectivity index (χ4v) is 1.04. The van der Waals surface area contributed by atoms with E-state index in [0.717, 1.165) is 23.1 Å². The highest BCUT2D eigenvalue weighted by Gasteiger charge is 1.94. The molecule has 0 rings (SSSR count). The molecule has 0 spiro atoms. The Kier molecular flexibility index (Phi) is 5.65. The first-order chi connectivity index (χ1) is 4.13. The molecule has 0 aromatic rings. The maximum atomic E-state index is 5.51. The number of alkyl halides is 2. The zero-order chi connectivity index (χ0) is 7.28. The second-order valence-electron chi connectivity index (χ2n) is 2.25. The highest BCUT2D eigenvalue weighted by Crippen LogP contribution is 2.10. The lowest BCUT2D eigenvalue weighted by molar-refractivity contribution is 0.921. The third-order valence-corrected chi connectivity index (χ3v) is 1.78. The minimum absolute atomic E-state index is 0.192. The Labute approximate surface area is 69.7 Å². The van der Waals surface area contributed by atoms with Crippen molar-refractivity contribution in [3.8, 4) is 0 Å². The summed E-state index contributed by atoms with van der Waals surface area (Å²) in [7, 11) is 1.15. The van der Waals surface area contributed by atoms with E-state index in [-0.39, 0.29) is 4.84 Å². The Morgan fingerprint density at radius 2 is 2.22 bits per heavy atom. The molecule has 0 unspecified atom stereocenters. The van der Waals surface area contributed by atoms with Crippen LogP contribution in [-0.4, -0.2) is 15.1 Å². The molecular formula is C6H12Cl2Si. The van der Waals surface area contributed by atoms with E-state index in [1.807, 2.05) is 0 Å². The Morgan fingerprint density at radius 3 is 2.56 bits per heavy atom. The van der Waals surface area contributed by atoms with Crippen LogP contribution in [0.4, 0.5) is 0 Å². The lowest BCUT2D eigenvalue weighted by atomic mass is 10.3. The molecule has 0 N–H and O–H groups in total. The molecule has 0 aliphatic rings. The molecule has 0 saturated heterocycles. The molecule has 0 heterocycles. The van der Waals surface area contributed by atoms with Gasteiger partial charge in [0, 0.05) is 10.2 Å². The van der Waals surface area contributed by atoms with Crippen LogP contribution in [0, 0.1) is 0 Å². The predicted octanol–water partition coefficient (Wildman–Crippen LogP) is 1.84. The predicted molar refractivity (Wildman–Crippen MR) is 48.4 cm³/mol. The number of rotatable bonds is 3. The largest absolute Gasteiger partial charge is 0.108 e. The lowest BCUT2D eigenvalue weighted by Gasteiger charge is -1.95. The van der Waals surface area contributed by atoms with Gasteiger partial charge >= 0.3 is 0 Å². The molecular weight excluding hydrogens is 171 g/mol. The van der Waals surface area contributed by atoms with Crippen molar-refractivity contribution < 1.29 is 0 Å². The molecule has 54 valence electrons. The summed E-state index contributed by atoms with van der Waals surface area (Å²) < 4.78 is 0. The number of halogens is 2. The van der Waals surface area contributed by atoms with Gasteiger partial charge in [-0.05, 0) is 19.8 Å². The van der Waals surface area contributed by atoms with E-state index in [2.05, 4.69) is 13.0 Å². The molecule has 0 fully saturated rings. The number of hydrogen-bond donors (Lipinski definition) is 0. The van der Waals surface area contributed by atoms with E-state index in [0.29, 0.717) is 0 Å². The van der Waals surface area contributed by atoms with Crippen molar-refractivity contribution in [3.63, 3.8) is 0 Å². The summed E-state index contributed by atoms with van der Waals surface area (Å²) >= 11 is 11.0. The summed E-state index contributed by atoms with van der Waals surface area (Å²) in [6, 6.07) is 0. The molecule has 0 nitrogen and oxygen atoms in total. The fraction of sp³-hybridized carbons (Fsp3) is 0.667. The zero-order valence-electron chi connectivity index (χ0n) is 5.82. The van der Waals surface area contributed by atoms with E-state index in [1.165, 1.54) is 5.20 Å². The van der Waals surface area contributed by atoms with Crippen molar-refractivity contribution in [1.29, 1.82) is 0 Å². The number of hydrogen-bond acceptors (Lipinski definition) is 0. The standard InChI is InChI=1S/C6H12Cl2Si/c1-5(9)3-2-4-6(7)8/h3,6H,2,4H2,1,9H3. The van der Waals surface area contributed by atoms with Gasteiger partial charge in [-0.2, -0.15) is 0 Å². The van der Waals surface area contributed by atoms with Crippen LogP contribution in [0.25, 0.3) is 0 Å². The fourth-order valence-electron chi connectivity index (χ4n) is 0.498. The first-order valence-corrected chi connectivity index (χ1v) is 4.91. The van der Waals surface area contributed by atoms with Gasteiger partial charge in [-0.15, -0.1) is 23.2 Å². The van der Waals surface area contributed by atoms with Gasteiger partial charge in [-0.3, -0.25) is 0 Å². The second kappa shape index (κ2) is 5.33. The van der Waals surface area contributed by atoms with Crippen molar-refractivity contribution in [2.75, 3.05) is 0 Å². The van der Waals surface area contributed by atoms with Crippen LogP contribution in [0.3, 0.4) is 0 Å². The van der Waals surface area contributed by atoms with Crippen molar-refractivity contribution >= 4 is 33.4 Å². The third kappa shape index (κ3) is 8.54. The Balaban J connectivity index is 3.20. The molecule has 0 bridgehead atoms. The highest BCUT2D eigenvalue weighted by molar-refractivity contribution is 6.44. The maximum absolute atomic E-state index is 5.51. The van der Waals surface area contributed by atoms with Gasteiger partial charge in [-0.1, -0.05) is 11.3 Å². The topological polar surface area (TPSA) is 0 Å². The summed E-state index contributed by atoms with van der Waals surface area (Å²) in [4.78, 5) is -0.192. The molecule has 0 aliphatic heterocycles. The molecule has 0 aromatic carbocycles. The normalized spacial score (nSPS) is 13.1. The second-order valence-corrected chi connectivity index (χ2v) is 5.10. The first-order valence-electron chi connectivity index (χ1n) is 3.04. The monoisotopic (exact) mass is 182 g/mol. The van der Waals surface area contributed by atoms with Gasteiger partial charge in [0.1, 0.15) is 4.84 Å². The Morgan fingerprint density at radius 1 is 1.67 bits per heavy atom. The molecule has 0 aliphatic carbocycles. The third-order valence-electron chi connectivity index (χ3n) is 0.937. The van der Waals surface area contributed by atoms with Crippen molar-refractivity contribution in [1.82, 2.24) is 0 Å². The van der Waals surface area contributed by atoms with Crippen LogP contribution in [-0.2, 0) is 0 Å². The minimum Gasteiger partial charge on any atom is -0.105 e. The van der Waals surface area contributed by atoms with Gasteiger partial charge < -0.3 is 0 Å². The molecule has 0 amide bonds. The SMILES string of the molecule is CC([SiH3])=CCCC(Cl)Cl. The van der Waals surface area contributed by atoms with Crippen molar-refractivity contribution in [2.24, 2.45) is 0 Å². The van der Waals surface area contributed by atoms with Gasteiger partial charge in [0.05, 0.1) is 0 Å². The smallest absolute Gasteiger partial charge is 0.105 e. The van der Waals surface area contributed by atoms with E-state index < -0.39 is 0 Å².